The fraction of sp³-hybridized carbons (Fsp3) is 0.273. The van der Waals surface area contributed by atoms with Crippen LogP contribution in [-0.4, -0.2) is 10.1 Å². The highest BCUT2D eigenvalue weighted by molar-refractivity contribution is 5.85. The molecule has 0 atom stereocenters. The Kier molecular flexibility index (Phi) is 2.73. The number of nitrogens with zero attached hydrogens (tertiary/aromatic N) is 2. The van der Waals surface area contributed by atoms with Gasteiger partial charge in [0.15, 0.2) is 0 Å². The van der Waals surface area contributed by atoms with E-state index in [0.717, 1.165) is 17.1 Å². The highest BCUT2D eigenvalue weighted by Gasteiger charge is 2.28. The van der Waals surface area contributed by atoms with Crippen LogP contribution in [0.5, 0.6) is 0 Å². The minimum Gasteiger partial charge on any atom is -0.360 e. The molecule has 1 fully saturated rings. The molecule has 15 heavy (non-hydrogen) atoms. The van der Waals surface area contributed by atoms with Crippen molar-refractivity contribution in [3.63, 3.8) is 0 Å². The van der Waals surface area contributed by atoms with Crippen molar-refractivity contribution in [3.8, 4) is 11.4 Å². The van der Waals surface area contributed by atoms with E-state index >= 15 is 0 Å². The molecule has 0 spiro atoms. The first-order chi connectivity index (χ1) is 6.93. The van der Waals surface area contributed by atoms with E-state index < -0.39 is 0 Å². The number of hydrogen-bond acceptors (Lipinski definition) is 3. The van der Waals surface area contributed by atoms with Crippen molar-refractivity contribution in [3.05, 3.63) is 36.2 Å². The highest BCUT2D eigenvalue weighted by Crippen LogP contribution is 2.40. The molecule has 3 nitrogen and oxygen atoms in total. The SMILES string of the molecule is Cl.c1ccc(-c2cc(C3CC3)on2)nc1. The summed E-state index contributed by atoms with van der Waals surface area (Å²) in [5.74, 6) is 1.62. The average Bonchev–Trinajstić information content (AvgIpc) is 2.98. The summed E-state index contributed by atoms with van der Waals surface area (Å²) in [7, 11) is 0. The van der Waals surface area contributed by atoms with Gasteiger partial charge >= 0.3 is 0 Å². The molecule has 3 rings (SSSR count). The maximum Gasteiger partial charge on any atom is 0.140 e. The number of aromatic nitrogens is 2. The van der Waals surface area contributed by atoms with Gasteiger partial charge in [0.1, 0.15) is 11.5 Å². The van der Waals surface area contributed by atoms with E-state index in [9.17, 15) is 0 Å². The Hall–Kier alpha value is -1.35. The number of halogens is 1. The van der Waals surface area contributed by atoms with E-state index in [1.54, 1.807) is 6.20 Å². The Morgan fingerprint density at radius 3 is 2.73 bits per heavy atom. The highest BCUT2D eigenvalue weighted by atomic mass is 35.5. The van der Waals surface area contributed by atoms with Gasteiger partial charge in [-0.2, -0.15) is 0 Å². The normalized spacial score (nSPS) is 14.7. The van der Waals surface area contributed by atoms with Crippen molar-refractivity contribution in [1.29, 1.82) is 0 Å². The molecule has 4 heteroatoms. The number of rotatable bonds is 2. The summed E-state index contributed by atoms with van der Waals surface area (Å²) in [6.45, 7) is 0. The zero-order valence-electron chi connectivity index (χ0n) is 8.09. The van der Waals surface area contributed by atoms with Gasteiger partial charge in [-0.05, 0) is 25.0 Å². The van der Waals surface area contributed by atoms with Crippen LogP contribution in [0.1, 0.15) is 24.5 Å². The molecule has 1 saturated carbocycles. The first-order valence-electron chi connectivity index (χ1n) is 4.81. The van der Waals surface area contributed by atoms with Gasteiger partial charge < -0.3 is 4.52 Å². The molecule has 0 N–H and O–H groups in total. The van der Waals surface area contributed by atoms with Crippen LogP contribution in [0.25, 0.3) is 11.4 Å². The van der Waals surface area contributed by atoms with Gasteiger partial charge in [-0.15, -0.1) is 12.4 Å². The second-order valence-corrected chi connectivity index (χ2v) is 3.60. The molecular formula is C11H11ClN2O. The Balaban J connectivity index is 0.000000853. The van der Waals surface area contributed by atoms with Crippen molar-refractivity contribution >= 4 is 12.4 Å². The third kappa shape index (κ3) is 2.02. The molecule has 0 unspecified atom stereocenters. The zero-order chi connectivity index (χ0) is 9.38. The van der Waals surface area contributed by atoms with Crippen LogP contribution < -0.4 is 0 Å². The lowest BCUT2D eigenvalue weighted by molar-refractivity contribution is 0.386. The van der Waals surface area contributed by atoms with E-state index in [0.29, 0.717) is 5.92 Å². The van der Waals surface area contributed by atoms with Crippen molar-refractivity contribution in [2.24, 2.45) is 0 Å². The first-order valence-corrected chi connectivity index (χ1v) is 4.81. The summed E-state index contributed by atoms with van der Waals surface area (Å²) >= 11 is 0. The topological polar surface area (TPSA) is 38.9 Å². The van der Waals surface area contributed by atoms with Gasteiger partial charge in [-0.1, -0.05) is 11.2 Å². The molecule has 0 aliphatic heterocycles. The minimum atomic E-state index is 0. The second-order valence-electron chi connectivity index (χ2n) is 3.60. The van der Waals surface area contributed by atoms with Crippen molar-refractivity contribution in [1.82, 2.24) is 10.1 Å². The lowest BCUT2D eigenvalue weighted by atomic mass is 10.2. The van der Waals surface area contributed by atoms with Crippen LogP contribution in [0.15, 0.2) is 35.0 Å². The molecular weight excluding hydrogens is 212 g/mol. The molecule has 0 amide bonds. The average molecular weight is 223 g/mol. The summed E-state index contributed by atoms with van der Waals surface area (Å²) < 4.78 is 5.25. The fourth-order valence-electron chi connectivity index (χ4n) is 1.48. The Bertz CT molecular complexity index is 437. The van der Waals surface area contributed by atoms with E-state index in [1.165, 1.54) is 12.8 Å². The molecule has 78 valence electrons. The number of hydrogen-bond donors (Lipinski definition) is 0. The Morgan fingerprint density at radius 1 is 1.20 bits per heavy atom. The van der Waals surface area contributed by atoms with Crippen molar-refractivity contribution in [2.75, 3.05) is 0 Å². The van der Waals surface area contributed by atoms with E-state index in [-0.39, 0.29) is 12.4 Å². The second kappa shape index (κ2) is 4.03. The minimum absolute atomic E-state index is 0. The molecule has 2 aromatic rings. The molecule has 1 aliphatic carbocycles. The van der Waals surface area contributed by atoms with Gasteiger partial charge in [0, 0.05) is 18.2 Å². The molecule has 1 aliphatic rings. The smallest absolute Gasteiger partial charge is 0.140 e. The standard InChI is InChI=1S/C11H10N2O.ClH/c1-2-6-12-9(3-1)10-7-11(14-13-10)8-4-5-8;/h1-3,6-8H,4-5H2;1H. The van der Waals surface area contributed by atoms with E-state index in [2.05, 4.69) is 10.1 Å². The van der Waals surface area contributed by atoms with Crippen LogP contribution in [0.3, 0.4) is 0 Å². The van der Waals surface area contributed by atoms with Gasteiger partial charge in [-0.25, -0.2) is 0 Å². The predicted molar refractivity (Wildman–Crippen MR) is 59.0 cm³/mol. The van der Waals surface area contributed by atoms with Gasteiger partial charge in [0.2, 0.25) is 0 Å². The first kappa shape index (κ1) is 10.2. The summed E-state index contributed by atoms with van der Waals surface area (Å²) in [5.41, 5.74) is 1.72. The molecule has 0 radical (unpaired) electrons. The van der Waals surface area contributed by atoms with Gasteiger partial charge in [-0.3, -0.25) is 4.98 Å². The summed E-state index contributed by atoms with van der Waals surface area (Å²) in [6, 6.07) is 7.79. The molecule has 0 bridgehead atoms. The summed E-state index contributed by atoms with van der Waals surface area (Å²) in [5, 5.41) is 4.01. The molecule has 0 saturated heterocycles. The van der Waals surface area contributed by atoms with E-state index in [4.69, 9.17) is 4.52 Å². The Morgan fingerprint density at radius 2 is 2.07 bits per heavy atom. The third-order valence-electron chi connectivity index (χ3n) is 2.44. The van der Waals surface area contributed by atoms with Crippen molar-refractivity contribution in [2.45, 2.75) is 18.8 Å². The maximum absolute atomic E-state index is 5.25. The van der Waals surface area contributed by atoms with Crippen LogP contribution >= 0.6 is 12.4 Å². The van der Waals surface area contributed by atoms with Crippen LogP contribution in [-0.2, 0) is 0 Å². The van der Waals surface area contributed by atoms with Gasteiger partial charge in [0.25, 0.3) is 0 Å². The van der Waals surface area contributed by atoms with Crippen molar-refractivity contribution < 1.29 is 4.52 Å². The quantitative estimate of drug-likeness (QED) is 0.784. The van der Waals surface area contributed by atoms with E-state index in [1.807, 2.05) is 24.3 Å². The lowest BCUT2D eigenvalue weighted by Gasteiger charge is -1.90. The summed E-state index contributed by atoms with van der Waals surface area (Å²) in [6.07, 6.45) is 4.23. The fourth-order valence-corrected chi connectivity index (χ4v) is 1.48. The predicted octanol–water partition coefficient (Wildman–Crippen LogP) is 3.04. The largest absolute Gasteiger partial charge is 0.360 e. The van der Waals surface area contributed by atoms with Crippen LogP contribution in [0, 0.1) is 0 Å². The number of pyridine rings is 1. The monoisotopic (exact) mass is 222 g/mol. The Labute approximate surface area is 93.9 Å². The molecule has 0 aromatic carbocycles. The van der Waals surface area contributed by atoms with Crippen LogP contribution in [0.4, 0.5) is 0 Å². The van der Waals surface area contributed by atoms with Gasteiger partial charge in [0.05, 0.1) is 5.69 Å². The molecule has 2 heterocycles. The maximum atomic E-state index is 5.25. The zero-order valence-corrected chi connectivity index (χ0v) is 8.91. The molecule has 2 aromatic heterocycles. The summed E-state index contributed by atoms with van der Waals surface area (Å²) in [4.78, 5) is 4.22. The van der Waals surface area contributed by atoms with Crippen LogP contribution in [0.2, 0.25) is 0 Å². The third-order valence-corrected chi connectivity index (χ3v) is 2.44. The lowest BCUT2D eigenvalue weighted by Crippen LogP contribution is -1.79.